The van der Waals surface area contributed by atoms with Gasteiger partial charge in [0.25, 0.3) is 0 Å². The van der Waals surface area contributed by atoms with Gasteiger partial charge in [0.1, 0.15) is 6.61 Å². The van der Waals surface area contributed by atoms with E-state index in [4.69, 9.17) is 14.2 Å². The van der Waals surface area contributed by atoms with E-state index in [-0.39, 0.29) is 36.2 Å². The fourth-order valence-corrected chi connectivity index (χ4v) is 6.30. The van der Waals surface area contributed by atoms with E-state index in [9.17, 15) is 19.5 Å². The van der Waals surface area contributed by atoms with E-state index in [0.29, 0.717) is 19.3 Å². The molecule has 0 rings (SSSR count). The fourth-order valence-electron chi connectivity index (χ4n) is 6.30. The maximum Gasteiger partial charge on any atom is 0.362 e. The number of ether oxygens (including phenoxy) is 3. The van der Waals surface area contributed by atoms with Crippen LogP contribution in [-0.2, 0) is 28.6 Å². The Kier molecular flexibility index (Phi) is 36.8. The Balaban J connectivity index is 4.41. The van der Waals surface area contributed by atoms with Gasteiger partial charge in [0.05, 0.1) is 34.4 Å². The van der Waals surface area contributed by atoms with Crippen molar-refractivity contribution >= 4 is 17.9 Å². The smallest absolute Gasteiger partial charge is 0.362 e. The molecule has 0 saturated heterocycles. The van der Waals surface area contributed by atoms with Crippen LogP contribution >= 0.6 is 0 Å². The molecule has 0 aliphatic rings. The molecule has 0 amide bonds. The second-order valence-corrected chi connectivity index (χ2v) is 16.1. The Morgan fingerprint density at radius 1 is 0.536 bits per heavy atom. The molecule has 56 heavy (non-hydrogen) atoms. The Hall–Kier alpha value is -2.97. The Morgan fingerprint density at radius 3 is 1.46 bits per heavy atom. The summed E-state index contributed by atoms with van der Waals surface area (Å²) in [6.45, 7) is 4.62. The number of quaternary nitrogens is 1. The lowest BCUT2D eigenvalue weighted by Gasteiger charge is -2.31. The fraction of sp³-hybridized carbons (Fsp3) is 0.729. The minimum absolute atomic E-state index is 0.0497. The quantitative estimate of drug-likeness (QED) is 0.0287. The highest BCUT2D eigenvalue weighted by molar-refractivity contribution is 5.72. The van der Waals surface area contributed by atoms with Crippen LogP contribution in [0.5, 0.6) is 0 Å². The van der Waals surface area contributed by atoms with Crippen LogP contribution in [0, 0.1) is 0 Å². The molecule has 0 aliphatic carbocycles. The third-order valence-corrected chi connectivity index (χ3v) is 9.78. The first-order valence-electron chi connectivity index (χ1n) is 22.4. The predicted octanol–water partition coefficient (Wildman–Crippen LogP) is 12.2. The maximum absolute atomic E-state index is 12.7. The van der Waals surface area contributed by atoms with E-state index < -0.39 is 18.1 Å². The van der Waals surface area contributed by atoms with E-state index in [1.807, 2.05) is 57.6 Å². The molecule has 0 fully saturated rings. The minimum Gasteiger partial charge on any atom is -0.477 e. The van der Waals surface area contributed by atoms with E-state index >= 15 is 0 Å². The molecule has 0 aromatic heterocycles. The van der Waals surface area contributed by atoms with E-state index in [0.717, 1.165) is 64.2 Å². The number of hydrogen-bond acceptors (Lipinski definition) is 6. The molecule has 2 atom stereocenters. The standard InChI is InChI=1S/C48H83NO7/c1-6-8-10-12-14-16-18-20-22-23-24-25-27-29-31-33-35-37-39-47(51)56-44(42-54-41-40-45(48(52)53)49(3,4)5)43-55-46(50)38-36-34-32-30-28-26-21-19-17-15-13-11-9-7-2/h10,12,14,16,18,20,22-25,44-45H,6-9,11,13,15,17,19,21,26-43H2,1-5H3/p+1/b12-10+,16-14+,20-18+,23-22+,25-24+. The van der Waals surface area contributed by atoms with Crippen molar-refractivity contribution in [3.05, 3.63) is 60.8 Å². The van der Waals surface area contributed by atoms with Crippen LogP contribution in [0.2, 0.25) is 0 Å². The van der Waals surface area contributed by atoms with Crippen molar-refractivity contribution in [1.29, 1.82) is 0 Å². The van der Waals surface area contributed by atoms with Gasteiger partial charge in [-0.1, -0.05) is 184 Å². The Morgan fingerprint density at radius 2 is 0.982 bits per heavy atom. The number of likely N-dealkylation sites (N-methyl/N-ethyl adjacent to an activating group) is 1. The largest absolute Gasteiger partial charge is 0.477 e. The zero-order valence-electron chi connectivity index (χ0n) is 36.6. The number of carboxylic acid groups (broad SMARTS) is 1. The van der Waals surface area contributed by atoms with Crippen LogP contribution in [-0.4, -0.2) is 80.6 Å². The maximum atomic E-state index is 12.7. The number of esters is 2. The van der Waals surface area contributed by atoms with Crippen LogP contribution in [0.1, 0.15) is 174 Å². The topological polar surface area (TPSA) is 99.1 Å². The summed E-state index contributed by atoms with van der Waals surface area (Å²) in [7, 11) is 5.51. The van der Waals surface area contributed by atoms with Crippen LogP contribution in [0.15, 0.2) is 60.8 Å². The molecular formula is C48H84NO7+. The lowest BCUT2D eigenvalue weighted by atomic mass is 10.0. The molecule has 0 aromatic rings. The highest BCUT2D eigenvalue weighted by Gasteiger charge is 2.31. The first kappa shape index (κ1) is 53.0. The number of unbranched alkanes of at least 4 members (excludes halogenated alkanes) is 19. The Labute approximate surface area is 343 Å². The summed E-state index contributed by atoms with van der Waals surface area (Å²) in [6, 6.07) is -0.621. The van der Waals surface area contributed by atoms with Crippen molar-refractivity contribution in [2.24, 2.45) is 0 Å². The van der Waals surface area contributed by atoms with Gasteiger partial charge in [-0.05, 0) is 32.1 Å². The van der Waals surface area contributed by atoms with Gasteiger partial charge < -0.3 is 23.8 Å². The van der Waals surface area contributed by atoms with E-state index in [1.54, 1.807) is 0 Å². The zero-order chi connectivity index (χ0) is 41.4. The second kappa shape index (κ2) is 38.9. The van der Waals surface area contributed by atoms with Crippen LogP contribution < -0.4 is 0 Å². The number of hydrogen-bond donors (Lipinski definition) is 1. The molecule has 2 unspecified atom stereocenters. The predicted molar refractivity (Wildman–Crippen MR) is 234 cm³/mol. The highest BCUT2D eigenvalue weighted by atomic mass is 16.6. The summed E-state index contributed by atoms with van der Waals surface area (Å²) in [5.74, 6) is -1.50. The normalized spacial score (nSPS) is 13.5. The monoisotopic (exact) mass is 787 g/mol. The summed E-state index contributed by atoms with van der Waals surface area (Å²) < 4.78 is 17.3. The van der Waals surface area contributed by atoms with E-state index in [2.05, 4.69) is 38.2 Å². The second-order valence-electron chi connectivity index (χ2n) is 16.1. The van der Waals surface area contributed by atoms with Crippen molar-refractivity contribution < 1.29 is 38.2 Å². The number of nitrogens with zero attached hydrogens (tertiary/aromatic N) is 1. The number of rotatable bonds is 39. The van der Waals surface area contributed by atoms with E-state index in [1.165, 1.54) is 77.0 Å². The first-order valence-corrected chi connectivity index (χ1v) is 22.4. The van der Waals surface area contributed by atoms with Crippen LogP contribution in [0.3, 0.4) is 0 Å². The molecule has 322 valence electrons. The van der Waals surface area contributed by atoms with Gasteiger partial charge in [-0.15, -0.1) is 0 Å². The number of carboxylic acids is 1. The van der Waals surface area contributed by atoms with Gasteiger partial charge in [-0.2, -0.15) is 0 Å². The third kappa shape index (κ3) is 36.7. The third-order valence-electron chi connectivity index (χ3n) is 9.78. The van der Waals surface area contributed by atoms with Crippen molar-refractivity contribution in [1.82, 2.24) is 0 Å². The van der Waals surface area contributed by atoms with Gasteiger partial charge >= 0.3 is 17.9 Å². The average molecular weight is 787 g/mol. The lowest BCUT2D eigenvalue weighted by molar-refractivity contribution is -0.887. The highest BCUT2D eigenvalue weighted by Crippen LogP contribution is 2.15. The summed E-state index contributed by atoms with van der Waals surface area (Å²) in [5, 5.41) is 9.62. The lowest BCUT2D eigenvalue weighted by Crippen LogP contribution is -2.50. The van der Waals surface area contributed by atoms with Gasteiger partial charge in [0.15, 0.2) is 12.1 Å². The van der Waals surface area contributed by atoms with Crippen molar-refractivity contribution in [3.8, 4) is 0 Å². The molecule has 8 nitrogen and oxygen atoms in total. The molecule has 1 N–H and O–H groups in total. The molecule has 0 spiro atoms. The van der Waals surface area contributed by atoms with Gasteiger partial charge in [0.2, 0.25) is 0 Å². The van der Waals surface area contributed by atoms with Gasteiger partial charge in [-0.25, -0.2) is 4.79 Å². The summed E-state index contributed by atoms with van der Waals surface area (Å²) in [4.78, 5) is 37.0. The van der Waals surface area contributed by atoms with Gasteiger partial charge in [-0.3, -0.25) is 9.59 Å². The molecule has 0 heterocycles. The molecule has 0 radical (unpaired) electrons. The number of carbonyl (C=O) groups is 3. The minimum atomic E-state index is -0.881. The average Bonchev–Trinajstić information content (AvgIpc) is 3.15. The van der Waals surface area contributed by atoms with Crippen molar-refractivity contribution in [3.63, 3.8) is 0 Å². The first-order chi connectivity index (χ1) is 27.1. The molecule has 0 aliphatic heterocycles. The molecule has 0 saturated carbocycles. The Bertz CT molecular complexity index is 1100. The molecule has 8 heteroatoms. The molecule has 0 bridgehead atoms. The van der Waals surface area contributed by atoms with Crippen LogP contribution in [0.25, 0.3) is 0 Å². The van der Waals surface area contributed by atoms with Crippen molar-refractivity contribution in [2.45, 2.75) is 187 Å². The SMILES string of the molecule is CCC/C=C/C=C/C=C/C=C/C=C/CCCCCCCC(=O)OC(COCCC(C(=O)O)[N+](C)(C)C)COC(=O)CCCCCCCCCCCCCCCC. The summed E-state index contributed by atoms with van der Waals surface area (Å²) in [6.07, 6.45) is 46.8. The molecular weight excluding hydrogens is 703 g/mol. The van der Waals surface area contributed by atoms with Crippen LogP contribution in [0.4, 0.5) is 0 Å². The molecule has 0 aromatic carbocycles. The number of aliphatic carboxylic acids is 1. The number of allylic oxidation sites excluding steroid dienone is 10. The zero-order valence-corrected chi connectivity index (χ0v) is 36.6. The summed E-state index contributed by atoms with van der Waals surface area (Å²) >= 11 is 0. The number of carbonyl (C=O) groups excluding carboxylic acids is 2. The van der Waals surface area contributed by atoms with Gasteiger partial charge in [0, 0.05) is 19.3 Å². The van der Waals surface area contributed by atoms with Crippen molar-refractivity contribution in [2.75, 3.05) is 41.0 Å². The summed E-state index contributed by atoms with van der Waals surface area (Å²) in [5.41, 5.74) is 0.